The van der Waals surface area contributed by atoms with Crippen LogP contribution in [-0.2, 0) is 55.9 Å². The average Bonchev–Trinajstić information content (AvgIpc) is 3.14. The molecular weight excluding hydrogens is 737 g/mol. The van der Waals surface area contributed by atoms with Gasteiger partial charge in [0.2, 0.25) is 0 Å². The van der Waals surface area contributed by atoms with E-state index in [1.54, 1.807) is 32.9 Å². The Kier molecular flexibility index (Phi) is 17.3. The number of alkyl halides is 1. The molecule has 0 spiro atoms. The quantitative estimate of drug-likeness (QED) is 0.124. The van der Waals surface area contributed by atoms with E-state index in [-0.39, 0.29) is 25.4 Å². The summed E-state index contributed by atoms with van der Waals surface area (Å²) in [6.45, 7) is 15.5. The van der Waals surface area contributed by atoms with Gasteiger partial charge in [-0.05, 0) is 83.6 Å². The highest BCUT2D eigenvalue weighted by Gasteiger charge is 2.40. The van der Waals surface area contributed by atoms with Gasteiger partial charge in [0.1, 0.15) is 30.0 Å². The molecule has 0 bridgehead atoms. The third kappa shape index (κ3) is 15.6. The molecule has 2 aromatic rings. The molecule has 0 aromatic heterocycles. The first-order chi connectivity index (χ1) is 26.6. The summed E-state index contributed by atoms with van der Waals surface area (Å²) in [4.78, 5) is 72.6. The largest absolute Gasteiger partial charge is 0.458 e. The Balaban J connectivity index is 1.92. The van der Waals surface area contributed by atoms with Crippen LogP contribution in [0.15, 0.2) is 54.6 Å². The molecule has 0 aliphatic carbocycles. The molecule has 1 aliphatic rings. The number of anilines is 1. The van der Waals surface area contributed by atoms with E-state index in [0.29, 0.717) is 25.2 Å². The zero-order chi connectivity index (χ0) is 42.5. The van der Waals surface area contributed by atoms with Gasteiger partial charge in [-0.15, -0.1) is 0 Å². The van der Waals surface area contributed by atoms with Crippen molar-refractivity contribution in [3.05, 3.63) is 65.7 Å². The Morgan fingerprint density at radius 1 is 0.772 bits per heavy atom. The van der Waals surface area contributed by atoms with Crippen molar-refractivity contribution in [1.29, 1.82) is 0 Å². The molecule has 4 atom stereocenters. The van der Waals surface area contributed by atoms with Crippen molar-refractivity contribution in [2.75, 3.05) is 45.3 Å². The SMILES string of the molecule is CC(C)CC[C@@H](C(=O)O[C@H](C)C(=O)OCc1ccccc1)N(C)C(=O)[C@@H](Cc1ccc(N2CCOCC2)cc1)OC(=O)[C@H](CC(C)(C)F)N(C)C(=O)OC(C)(C)C. The molecule has 0 unspecified atom stereocenters. The fraction of sp³-hybridized carbons (Fsp3) is 0.605. The maximum atomic E-state index is 15.2. The van der Waals surface area contributed by atoms with Crippen LogP contribution in [-0.4, -0.2) is 116 Å². The number of carbonyl (C=O) groups excluding carboxylic acids is 5. The number of ether oxygens (including phenoxy) is 5. The number of likely N-dealkylation sites (N-methyl/N-ethyl adjacent to an activating group) is 2. The molecular formula is C43H62FN3O10. The van der Waals surface area contributed by atoms with Gasteiger partial charge in [0.25, 0.3) is 5.91 Å². The molecule has 3 rings (SSSR count). The predicted octanol–water partition coefficient (Wildman–Crippen LogP) is 6.29. The number of esters is 3. The predicted molar refractivity (Wildman–Crippen MR) is 213 cm³/mol. The van der Waals surface area contributed by atoms with Gasteiger partial charge in [0.15, 0.2) is 12.2 Å². The van der Waals surface area contributed by atoms with Gasteiger partial charge in [0.05, 0.1) is 13.2 Å². The lowest BCUT2D eigenvalue weighted by Gasteiger charge is -2.34. The fourth-order valence-electron chi connectivity index (χ4n) is 6.06. The Morgan fingerprint density at radius 3 is 1.93 bits per heavy atom. The van der Waals surface area contributed by atoms with Crippen molar-refractivity contribution in [3.8, 4) is 0 Å². The Morgan fingerprint density at radius 2 is 1.37 bits per heavy atom. The van der Waals surface area contributed by atoms with Gasteiger partial charge in [-0.2, -0.15) is 0 Å². The number of amides is 2. The minimum atomic E-state index is -1.92. The fourth-order valence-corrected chi connectivity index (χ4v) is 6.06. The lowest BCUT2D eigenvalue weighted by molar-refractivity contribution is -0.174. The van der Waals surface area contributed by atoms with Crippen LogP contribution in [0.1, 0.15) is 85.8 Å². The van der Waals surface area contributed by atoms with E-state index in [4.69, 9.17) is 23.7 Å². The van der Waals surface area contributed by atoms with Gasteiger partial charge < -0.3 is 33.5 Å². The van der Waals surface area contributed by atoms with Crippen molar-refractivity contribution >= 4 is 35.6 Å². The topological polar surface area (TPSA) is 141 Å². The minimum absolute atomic E-state index is 0.0130. The Hall–Kier alpha value is -4.72. The average molecular weight is 800 g/mol. The molecule has 2 amide bonds. The monoisotopic (exact) mass is 799 g/mol. The van der Waals surface area contributed by atoms with Crippen molar-refractivity contribution < 1.29 is 52.0 Å². The highest BCUT2D eigenvalue weighted by atomic mass is 19.1. The highest BCUT2D eigenvalue weighted by Crippen LogP contribution is 2.25. The second-order valence-electron chi connectivity index (χ2n) is 16.5. The van der Waals surface area contributed by atoms with Gasteiger partial charge in [-0.1, -0.05) is 56.3 Å². The van der Waals surface area contributed by atoms with Crippen molar-refractivity contribution in [2.45, 2.75) is 123 Å². The zero-order valence-corrected chi connectivity index (χ0v) is 35.2. The second-order valence-corrected chi connectivity index (χ2v) is 16.5. The summed E-state index contributed by atoms with van der Waals surface area (Å²) in [7, 11) is 2.72. The van der Waals surface area contributed by atoms with Crippen LogP contribution in [0.2, 0.25) is 0 Å². The molecule has 1 aliphatic heterocycles. The molecule has 316 valence electrons. The second kappa shape index (κ2) is 21.2. The lowest BCUT2D eigenvalue weighted by atomic mass is 9.99. The molecule has 14 heteroatoms. The Bertz CT molecular complexity index is 1620. The van der Waals surface area contributed by atoms with Crippen molar-refractivity contribution in [1.82, 2.24) is 9.80 Å². The zero-order valence-electron chi connectivity index (χ0n) is 35.2. The summed E-state index contributed by atoms with van der Waals surface area (Å²) < 4.78 is 43.0. The molecule has 57 heavy (non-hydrogen) atoms. The maximum Gasteiger partial charge on any atom is 0.410 e. The van der Waals surface area contributed by atoms with Crippen LogP contribution >= 0.6 is 0 Å². The Labute approximate surface area is 337 Å². The number of rotatable bonds is 18. The molecule has 0 N–H and O–H groups in total. The van der Waals surface area contributed by atoms with E-state index in [0.717, 1.165) is 29.2 Å². The third-order valence-corrected chi connectivity index (χ3v) is 9.32. The summed E-state index contributed by atoms with van der Waals surface area (Å²) >= 11 is 0. The number of carbonyl (C=O) groups is 5. The van der Waals surface area contributed by atoms with Gasteiger partial charge in [-0.3, -0.25) is 9.69 Å². The van der Waals surface area contributed by atoms with E-state index in [1.807, 2.05) is 56.3 Å². The van der Waals surface area contributed by atoms with Gasteiger partial charge >= 0.3 is 24.0 Å². The summed E-state index contributed by atoms with van der Waals surface area (Å²) in [6, 6.07) is 13.9. The molecule has 1 saturated heterocycles. The molecule has 2 aromatic carbocycles. The van der Waals surface area contributed by atoms with Crippen LogP contribution in [0.5, 0.6) is 0 Å². The summed E-state index contributed by atoms with van der Waals surface area (Å²) in [5.74, 6) is -3.21. The summed E-state index contributed by atoms with van der Waals surface area (Å²) in [5, 5.41) is 0. The van der Waals surface area contributed by atoms with Crippen molar-refractivity contribution in [3.63, 3.8) is 0 Å². The van der Waals surface area contributed by atoms with Gasteiger partial charge in [0, 0.05) is 45.7 Å². The molecule has 0 radical (unpaired) electrons. The van der Waals surface area contributed by atoms with E-state index in [9.17, 15) is 24.0 Å². The number of halogens is 1. The maximum absolute atomic E-state index is 15.2. The first-order valence-corrected chi connectivity index (χ1v) is 19.6. The molecule has 1 heterocycles. The summed E-state index contributed by atoms with van der Waals surface area (Å²) in [5.41, 5.74) is -0.469. The van der Waals surface area contributed by atoms with E-state index in [1.165, 1.54) is 39.8 Å². The first kappa shape index (κ1) is 46.7. The minimum Gasteiger partial charge on any atom is -0.458 e. The standard InChI is InChI=1S/C43H62FN3O10/c1-29(2)16-21-34(39(50)55-30(3)38(49)54-28-32-14-12-11-13-15-32)45(9)37(48)36(26-31-17-19-33(20-18-31)47-22-24-53-25-23-47)56-40(51)35(27-43(7,8)44)46(10)41(52)57-42(4,5)6/h11-15,17-20,29-30,34-36H,16,21-28H2,1-10H3/t30-,34+,35+,36-/m1/s1. The van der Waals surface area contributed by atoms with E-state index in [2.05, 4.69) is 4.90 Å². The molecule has 1 fully saturated rings. The van der Waals surface area contributed by atoms with Crippen molar-refractivity contribution in [2.24, 2.45) is 5.92 Å². The van der Waals surface area contributed by atoms with Crippen LogP contribution in [0, 0.1) is 5.92 Å². The van der Waals surface area contributed by atoms with E-state index < -0.39 is 71.9 Å². The van der Waals surface area contributed by atoms with Crippen LogP contribution < -0.4 is 4.90 Å². The van der Waals surface area contributed by atoms with Crippen LogP contribution in [0.4, 0.5) is 14.9 Å². The number of hydrogen-bond acceptors (Lipinski definition) is 11. The smallest absolute Gasteiger partial charge is 0.410 e. The van der Waals surface area contributed by atoms with Gasteiger partial charge in [-0.25, -0.2) is 23.6 Å². The number of benzene rings is 2. The first-order valence-electron chi connectivity index (χ1n) is 19.6. The molecule has 0 saturated carbocycles. The lowest BCUT2D eigenvalue weighted by Crippen LogP contribution is -2.52. The molecule has 13 nitrogen and oxygen atoms in total. The highest BCUT2D eigenvalue weighted by molar-refractivity contribution is 5.90. The van der Waals surface area contributed by atoms with Crippen LogP contribution in [0.25, 0.3) is 0 Å². The number of morpholine rings is 1. The number of nitrogens with zero attached hydrogens (tertiary/aromatic N) is 3. The van der Waals surface area contributed by atoms with Crippen LogP contribution in [0.3, 0.4) is 0 Å². The summed E-state index contributed by atoms with van der Waals surface area (Å²) in [6.07, 6.45) is -3.51. The van der Waals surface area contributed by atoms with E-state index >= 15 is 4.39 Å². The number of hydrogen-bond donors (Lipinski definition) is 0. The normalized spacial score (nSPS) is 15.5. The third-order valence-electron chi connectivity index (χ3n) is 9.32.